The van der Waals surface area contributed by atoms with Crippen molar-refractivity contribution in [3.8, 4) is 5.75 Å². The Labute approximate surface area is 204 Å². The Kier molecular flexibility index (Phi) is 7.19. The molecule has 1 aromatic carbocycles. The minimum atomic E-state index is -4.22. The summed E-state index contributed by atoms with van der Waals surface area (Å²) < 4.78 is 41.0. The van der Waals surface area contributed by atoms with E-state index in [2.05, 4.69) is 15.5 Å². The average molecular weight is 526 g/mol. The second-order valence-corrected chi connectivity index (χ2v) is 10.7. The molecular formula is C21H20ClN3O7S2. The van der Waals surface area contributed by atoms with Crippen molar-refractivity contribution in [3.05, 3.63) is 51.2 Å². The van der Waals surface area contributed by atoms with Gasteiger partial charge in [-0.05, 0) is 56.0 Å². The number of hydrogen-bond acceptors (Lipinski definition) is 10. The van der Waals surface area contributed by atoms with Crippen LogP contribution in [0, 0.1) is 0 Å². The van der Waals surface area contributed by atoms with Gasteiger partial charge in [0.1, 0.15) is 16.5 Å². The van der Waals surface area contributed by atoms with Gasteiger partial charge >= 0.3 is 11.2 Å². The van der Waals surface area contributed by atoms with E-state index in [0.29, 0.717) is 22.8 Å². The molecule has 0 saturated carbocycles. The van der Waals surface area contributed by atoms with Crippen LogP contribution in [0.5, 0.6) is 5.75 Å². The molecule has 0 aliphatic heterocycles. The quantitative estimate of drug-likeness (QED) is 0.416. The molecule has 180 valence electrons. The van der Waals surface area contributed by atoms with Gasteiger partial charge in [0.15, 0.2) is 6.61 Å². The molecule has 0 spiro atoms. The maximum atomic E-state index is 12.6. The van der Waals surface area contributed by atoms with Crippen LogP contribution in [0.4, 0.5) is 5.00 Å². The maximum Gasteiger partial charge on any atom is 0.341 e. The summed E-state index contributed by atoms with van der Waals surface area (Å²) in [6.07, 6.45) is 2.41. The number of carbonyl (C=O) groups is 2. The van der Waals surface area contributed by atoms with Crippen molar-refractivity contribution in [2.45, 2.75) is 38.0 Å². The van der Waals surface area contributed by atoms with Crippen LogP contribution in [0.25, 0.3) is 0 Å². The predicted molar refractivity (Wildman–Crippen MR) is 123 cm³/mol. The molecule has 34 heavy (non-hydrogen) atoms. The molecule has 0 saturated heterocycles. The summed E-state index contributed by atoms with van der Waals surface area (Å²) in [4.78, 5) is 26.0. The number of amides is 1. The molecule has 1 aliphatic rings. The van der Waals surface area contributed by atoms with E-state index in [-0.39, 0.29) is 24.1 Å². The number of carbonyl (C=O) groups excluding carboxylic acids is 2. The van der Waals surface area contributed by atoms with Crippen molar-refractivity contribution in [2.75, 3.05) is 17.7 Å². The van der Waals surface area contributed by atoms with Crippen molar-refractivity contribution in [3.63, 3.8) is 0 Å². The first-order valence-corrected chi connectivity index (χ1v) is 13.2. The summed E-state index contributed by atoms with van der Waals surface area (Å²) in [6.45, 7) is 1.71. The number of hydrogen-bond donors (Lipinski definition) is 1. The van der Waals surface area contributed by atoms with Gasteiger partial charge < -0.3 is 19.2 Å². The van der Waals surface area contributed by atoms with E-state index >= 15 is 0 Å². The number of halogens is 1. The number of benzene rings is 1. The SMILES string of the molecule is CCOC(=O)c1c(NC(=O)CS(=O)(=O)c2nnc(COc3ccc(Cl)cc3)o2)sc2c1CCC2. The van der Waals surface area contributed by atoms with E-state index in [1.54, 1.807) is 31.2 Å². The zero-order valence-electron chi connectivity index (χ0n) is 18.0. The Hall–Kier alpha value is -2.96. The molecule has 1 amide bonds. The number of sulfone groups is 1. The van der Waals surface area contributed by atoms with E-state index in [4.69, 9.17) is 25.5 Å². The van der Waals surface area contributed by atoms with Crippen molar-refractivity contribution in [1.29, 1.82) is 0 Å². The Morgan fingerprint density at radius 3 is 2.71 bits per heavy atom. The molecule has 3 aromatic rings. The lowest BCUT2D eigenvalue weighted by Gasteiger charge is -2.07. The van der Waals surface area contributed by atoms with Crippen LogP contribution in [0.2, 0.25) is 5.02 Å². The lowest BCUT2D eigenvalue weighted by molar-refractivity contribution is -0.113. The zero-order valence-corrected chi connectivity index (χ0v) is 20.4. The van der Waals surface area contributed by atoms with Crippen LogP contribution in [0.1, 0.15) is 40.0 Å². The monoisotopic (exact) mass is 525 g/mol. The summed E-state index contributed by atoms with van der Waals surface area (Å²) >= 11 is 7.07. The molecule has 0 unspecified atom stereocenters. The highest BCUT2D eigenvalue weighted by molar-refractivity contribution is 7.91. The van der Waals surface area contributed by atoms with Gasteiger partial charge in [0.05, 0.1) is 12.2 Å². The Morgan fingerprint density at radius 1 is 1.21 bits per heavy atom. The van der Waals surface area contributed by atoms with Crippen LogP contribution in [-0.4, -0.2) is 42.9 Å². The van der Waals surface area contributed by atoms with E-state index < -0.39 is 32.7 Å². The van der Waals surface area contributed by atoms with Gasteiger partial charge in [-0.2, -0.15) is 0 Å². The molecule has 13 heteroatoms. The number of fused-ring (bicyclic) bond motifs is 1. The summed E-state index contributed by atoms with van der Waals surface area (Å²) in [7, 11) is -4.22. The predicted octanol–water partition coefficient (Wildman–Crippen LogP) is 3.44. The second-order valence-electron chi connectivity index (χ2n) is 7.29. The average Bonchev–Trinajstić information content (AvgIpc) is 3.49. The summed E-state index contributed by atoms with van der Waals surface area (Å²) in [6, 6.07) is 6.53. The summed E-state index contributed by atoms with van der Waals surface area (Å²) in [5.41, 5.74) is 1.15. The van der Waals surface area contributed by atoms with Crippen LogP contribution < -0.4 is 10.1 Å². The first-order valence-electron chi connectivity index (χ1n) is 10.3. The minimum absolute atomic E-state index is 0.0757. The smallest absolute Gasteiger partial charge is 0.341 e. The van der Waals surface area contributed by atoms with Crippen molar-refractivity contribution < 1.29 is 31.9 Å². The lowest BCUT2D eigenvalue weighted by Crippen LogP contribution is -2.24. The second kappa shape index (κ2) is 10.1. The number of rotatable bonds is 9. The fraction of sp³-hybridized carbons (Fsp3) is 0.333. The number of anilines is 1. The fourth-order valence-corrected chi connectivity index (χ4v) is 5.76. The zero-order chi connectivity index (χ0) is 24.3. The van der Waals surface area contributed by atoms with E-state index in [1.807, 2.05) is 0 Å². The molecule has 0 radical (unpaired) electrons. The van der Waals surface area contributed by atoms with Crippen LogP contribution in [0.15, 0.2) is 33.9 Å². The number of esters is 1. The first kappa shape index (κ1) is 24.2. The molecule has 0 bridgehead atoms. The molecule has 2 aromatic heterocycles. The molecule has 1 aliphatic carbocycles. The maximum absolute atomic E-state index is 12.6. The highest BCUT2D eigenvalue weighted by Crippen LogP contribution is 2.39. The largest absolute Gasteiger partial charge is 0.484 e. The molecular weight excluding hydrogens is 506 g/mol. The Bertz CT molecular complexity index is 1320. The number of nitrogens with zero attached hydrogens (tertiary/aromatic N) is 2. The van der Waals surface area contributed by atoms with Crippen LogP contribution in [-0.2, 0) is 38.8 Å². The fourth-order valence-electron chi connectivity index (χ4n) is 3.41. The lowest BCUT2D eigenvalue weighted by atomic mass is 10.1. The van der Waals surface area contributed by atoms with Gasteiger partial charge in [0, 0.05) is 9.90 Å². The van der Waals surface area contributed by atoms with Crippen molar-refractivity contribution in [2.24, 2.45) is 0 Å². The Balaban J connectivity index is 1.42. The third kappa shape index (κ3) is 5.40. The number of nitrogens with one attached hydrogen (secondary N) is 1. The minimum Gasteiger partial charge on any atom is -0.484 e. The van der Waals surface area contributed by atoms with Crippen molar-refractivity contribution >= 4 is 49.7 Å². The standard InChI is InChI=1S/C21H20ClN3O7S2/c1-2-30-20(27)18-14-4-3-5-15(14)33-19(18)23-16(26)11-34(28,29)21-25-24-17(32-21)10-31-13-8-6-12(22)7-9-13/h6-9H,2-5,10-11H2,1H3,(H,23,26). The molecule has 10 nitrogen and oxygen atoms in total. The number of ether oxygens (including phenoxy) is 2. The molecule has 2 heterocycles. The summed E-state index contributed by atoms with van der Waals surface area (Å²) in [5, 5.41) is 9.85. The van der Waals surface area contributed by atoms with E-state index in [0.717, 1.165) is 23.3 Å². The van der Waals surface area contributed by atoms with Gasteiger partial charge in [0.25, 0.3) is 5.89 Å². The Morgan fingerprint density at radius 2 is 1.97 bits per heavy atom. The van der Waals surface area contributed by atoms with Gasteiger partial charge in [-0.3, -0.25) is 4.79 Å². The number of aromatic nitrogens is 2. The first-order chi connectivity index (χ1) is 16.3. The third-order valence-corrected chi connectivity index (χ3v) is 7.66. The van der Waals surface area contributed by atoms with Gasteiger partial charge in [-0.25, -0.2) is 13.2 Å². The van der Waals surface area contributed by atoms with Crippen LogP contribution in [0.3, 0.4) is 0 Å². The van der Waals surface area contributed by atoms with Gasteiger partial charge in [0.2, 0.25) is 15.7 Å². The normalized spacial score (nSPS) is 12.9. The number of aryl methyl sites for hydroxylation is 1. The summed E-state index contributed by atoms with van der Waals surface area (Å²) in [5.74, 6) is -1.90. The van der Waals surface area contributed by atoms with E-state index in [1.165, 1.54) is 11.3 Å². The molecule has 0 fully saturated rings. The highest BCUT2D eigenvalue weighted by Gasteiger charge is 2.31. The van der Waals surface area contributed by atoms with E-state index in [9.17, 15) is 18.0 Å². The number of thiophene rings is 1. The topological polar surface area (TPSA) is 138 Å². The highest BCUT2D eigenvalue weighted by atomic mass is 35.5. The van der Waals surface area contributed by atoms with Crippen molar-refractivity contribution in [1.82, 2.24) is 10.2 Å². The molecule has 0 atom stereocenters. The van der Waals surface area contributed by atoms with Gasteiger partial charge in [-0.15, -0.1) is 16.4 Å². The van der Waals surface area contributed by atoms with Gasteiger partial charge in [-0.1, -0.05) is 16.7 Å². The molecule has 4 rings (SSSR count). The molecule has 1 N–H and O–H groups in total. The van der Waals surface area contributed by atoms with Crippen LogP contribution >= 0.6 is 22.9 Å². The third-order valence-electron chi connectivity index (χ3n) is 4.87.